The largest absolute Gasteiger partial charge is 0.275 e. The SMILES string of the molecule is Cc1cccc(C=Cc2cc(=O)n3ncsc3n2)n1. The van der Waals surface area contributed by atoms with Gasteiger partial charge in [-0.15, -0.1) is 0 Å². The lowest BCUT2D eigenvalue weighted by Crippen LogP contribution is -2.13. The number of fused-ring (bicyclic) bond motifs is 1. The number of aryl methyl sites for hydroxylation is 1. The van der Waals surface area contributed by atoms with Crippen LogP contribution in [0.2, 0.25) is 0 Å². The van der Waals surface area contributed by atoms with Crippen LogP contribution in [-0.2, 0) is 0 Å². The Labute approximate surface area is 112 Å². The van der Waals surface area contributed by atoms with Crippen LogP contribution < -0.4 is 5.56 Å². The van der Waals surface area contributed by atoms with Gasteiger partial charge in [0.2, 0.25) is 4.96 Å². The molecule has 0 saturated heterocycles. The van der Waals surface area contributed by atoms with E-state index in [9.17, 15) is 4.79 Å². The van der Waals surface area contributed by atoms with Crippen LogP contribution >= 0.6 is 11.3 Å². The standard InChI is InChI=1S/C13H10N4OS/c1-9-3-2-4-10(15-9)5-6-11-7-12(18)17-13(16-11)19-8-14-17/h2-8H,1H3. The van der Waals surface area contributed by atoms with Crippen molar-refractivity contribution < 1.29 is 0 Å². The second-order valence-electron chi connectivity index (χ2n) is 3.99. The van der Waals surface area contributed by atoms with Gasteiger partial charge in [0.05, 0.1) is 11.4 Å². The van der Waals surface area contributed by atoms with E-state index in [1.807, 2.05) is 31.2 Å². The van der Waals surface area contributed by atoms with E-state index in [1.165, 1.54) is 21.9 Å². The Bertz CT molecular complexity index is 819. The maximum absolute atomic E-state index is 11.7. The number of nitrogens with zero attached hydrogens (tertiary/aromatic N) is 4. The van der Waals surface area contributed by atoms with Crippen molar-refractivity contribution in [2.75, 3.05) is 0 Å². The van der Waals surface area contributed by atoms with Crippen molar-refractivity contribution in [1.82, 2.24) is 19.6 Å². The zero-order valence-corrected chi connectivity index (χ0v) is 11.0. The Kier molecular flexibility index (Phi) is 2.92. The van der Waals surface area contributed by atoms with Crippen molar-refractivity contribution in [2.45, 2.75) is 6.92 Å². The van der Waals surface area contributed by atoms with Gasteiger partial charge in [0.25, 0.3) is 5.56 Å². The van der Waals surface area contributed by atoms with E-state index < -0.39 is 0 Å². The van der Waals surface area contributed by atoms with Gasteiger partial charge >= 0.3 is 0 Å². The van der Waals surface area contributed by atoms with Gasteiger partial charge < -0.3 is 0 Å². The highest BCUT2D eigenvalue weighted by Gasteiger charge is 2.01. The second kappa shape index (κ2) is 4.74. The van der Waals surface area contributed by atoms with Crippen molar-refractivity contribution in [1.29, 1.82) is 0 Å². The second-order valence-corrected chi connectivity index (χ2v) is 4.80. The summed E-state index contributed by atoms with van der Waals surface area (Å²) < 4.78 is 1.28. The van der Waals surface area contributed by atoms with Crippen molar-refractivity contribution in [3.8, 4) is 0 Å². The van der Waals surface area contributed by atoms with Crippen molar-refractivity contribution in [3.63, 3.8) is 0 Å². The van der Waals surface area contributed by atoms with Gasteiger partial charge in [-0.05, 0) is 31.2 Å². The van der Waals surface area contributed by atoms with Crippen LogP contribution in [0.4, 0.5) is 0 Å². The zero-order valence-electron chi connectivity index (χ0n) is 10.1. The molecule has 0 aromatic carbocycles. The van der Waals surface area contributed by atoms with Crippen molar-refractivity contribution >= 4 is 28.4 Å². The lowest BCUT2D eigenvalue weighted by atomic mass is 10.2. The fourth-order valence-corrected chi connectivity index (χ4v) is 2.32. The quantitative estimate of drug-likeness (QED) is 0.715. The minimum Gasteiger partial charge on any atom is -0.267 e. The smallest absolute Gasteiger partial charge is 0.267 e. The van der Waals surface area contributed by atoms with Crippen LogP contribution in [0.1, 0.15) is 17.1 Å². The Morgan fingerprint density at radius 3 is 2.89 bits per heavy atom. The Balaban J connectivity index is 1.99. The van der Waals surface area contributed by atoms with Crippen molar-refractivity contribution in [3.05, 3.63) is 57.2 Å². The fraction of sp³-hybridized carbons (Fsp3) is 0.0769. The molecule has 3 heterocycles. The average molecular weight is 270 g/mol. The molecule has 0 atom stereocenters. The first kappa shape index (κ1) is 11.7. The fourth-order valence-electron chi connectivity index (χ4n) is 1.69. The molecule has 0 N–H and O–H groups in total. The molecular formula is C13H10N4OS. The normalized spacial score (nSPS) is 11.4. The maximum atomic E-state index is 11.7. The predicted octanol–water partition coefficient (Wildman–Crippen LogP) is 2.02. The van der Waals surface area contributed by atoms with Gasteiger partial charge in [0.1, 0.15) is 5.51 Å². The molecule has 0 spiro atoms. The van der Waals surface area contributed by atoms with Crippen LogP contribution in [0.15, 0.2) is 34.6 Å². The summed E-state index contributed by atoms with van der Waals surface area (Å²) in [5.41, 5.74) is 3.82. The maximum Gasteiger partial charge on any atom is 0.275 e. The molecule has 3 rings (SSSR count). The van der Waals surface area contributed by atoms with Gasteiger partial charge in [-0.1, -0.05) is 17.4 Å². The third kappa shape index (κ3) is 2.43. The Hall–Kier alpha value is -2.34. The van der Waals surface area contributed by atoms with Crippen LogP contribution in [0.3, 0.4) is 0 Å². The summed E-state index contributed by atoms with van der Waals surface area (Å²) in [6, 6.07) is 7.24. The molecule has 0 fully saturated rings. The summed E-state index contributed by atoms with van der Waals surface area (Å²) >= 11 is 1.33. The van der Waals surface area contributed by atoms with Crippen LogP contribution in [0, 0.1) is 6.92 Å². The van der Waals surface area contributed by atoms with E-state index in [4.69, 9.17) is 0 Å². The van der Waals surface area contributed by atoms with Gasteiger partial charge in [-0.3, -0.25) is 9.78 Å². The van der Waals surface area contributed by atoms with Crippen LogP contribution in [0.5, 0.6) is 0 Å². The molecule has 3 aromatic rings. The van der Waals surface area contributed by atoms with Crippen LogP contribution in [0.25, 0.3) is 17.1 Å². The van der Waals surface area contributed by atoms with E-state index in [0.717, 1.165) is 11.4 Å². The van der Waals surface area contributed by atoms with E-state index >= 15 is 0 Å². The summed E-state index contributed by atoms with van der Waals surface area (Å²) in [5.74, 6) is 0. The molecule has 0 unspecified atom stereocenters. The molecule has 5 nitrogen and oxygen atoms in total. The minimum atomic E-state index is -0.178. The van der Waals surface area contributed by atoms with Crippen LogP contribution in [-0.4, -0.2) is 19.6 Å². The van der Waals surface area contributed by atoms with E-state index in [0.29, 0.717) is 10.7 Å². The number of pyridine rings is 1. The van der Waals surface area contributed by atoms with Crippen molar-refractivity contribution in [2.24, 2.45) is 0 Å². The first-order valence-electron chi connectivity index (χ1n) is 5.68. The molecular weight excluding hydrogens is 260 g/mol. The summed E-state index contributed by atoms with van der Waals surface area (Å²) in [5, 5.41) is 3.91. The van der Waals surface area contributed by atoms with E-state index in [2.05, 4.69) is 15.1 Å². The number of aromatic nitrogens is 4. The lowest BCUT2D eigenvalue weighted by Gasteiger charge is -1.95. The molecule has 3 aromatic heterocycles. The Morgan fingerprint density at radius 2 is 2.05 bits per heavy atom. The highest BCUT2D eigenvalue weighted by atomic mass is 32.1. The molecule has 19 heavy (non-hydrogen) atoms. The summed E-state index contributed by atoms with van der Waals surface area (Å²) in [4.78, 5) is 21.0. The zero-order chi connectivity index (χ0) is 13.2. The third-order valence-corrected chi connectivity index (χ3v) is 3.22. The van der Waals surface area contributed by atoms with Gasteiger partial charge in [0, 0.05) is 11.8 Å². The van der Waals surface area contributed by atoms with E-state index in [-0.39, 0.29) is 5.56 Å². The third-order valence-electron chi connectivity index (χ3n) is 2.54. The molecule has 0 aliphatic rings. The van der Waals surface area contributed by atoms with Gasteiger partial charge in [-0.25, -0.2) is 4.98 Å². The first-order chi connectivity index (χ1) is 9.22. The molecule has 0 amide bonds. The predicted molar refractivity (Wildman–Crippen MR) is 75.0 cm³/mol. The molecule has 0 aliphatic heterocycles. The number of hydrogen-bond donors (Lipinski definition) is 0. The highest BCUT2D eigenvalue weighted by molar-refractivity contribution is 7.14. The number of rotatable bonds is 2. The first-order valence-corrected chi connectivity index (χ1v) is 6.56. The summed E-state index contributed by atoms with van der Waals surface area (Å²) in [6.07, 6.45) is 3.62. The summed E-state index contributed by atoms with van der Waals surface area (Å²) in [6.45, 7) is 1.94. The molecule has 0 saturated carbocycles. The average Bonchev–Trinajstić information content (AvgIpc) is 2.85. The monoisotopic (exact) mass is 270 g/mol. The van der Waals surface area contributed by atoms with Gasteiger partial charge in [-0.2, -0.15) is 9.61 Å². The molecule has 94 valence electrons. The molecule has 6 heteroatoms. The molecule has 0 bridgehead atoms. The lowest BCUT2D eigenvalue weighted by molar-refractivity contribution is 0.897. The topological polar surface area (TPSA) is 60.2 Å². The minimum absolute atomic E-state index is 0.178. The Morgan fingerprint density at radius 1 is 1.21 bits per heavy atom. The number of hydrogen-bond acceptors (Lipinski definition) is 5. The highest BCUT2D eigenvalue weighted by Crippen LogP contribution is 2.07. The summed E-state index contributed by atoms with van der Waals surface area (Å²) in [7, 11) is 0. The molecule has 0 radical (unpaired) electrons. The van der Waals surface area contributed by atoms with Gasteiger partial charge in [0.15, 0.2) is 0 Å². The molecule has 0 aliphatic carbocycles. The van der Waals surface area contributed by atoms with E-state index in [1.54, 1.807) is 11.6 Å².